The van der Waals surface area contributed by atoms with E-state index in [1.165, 1.54) is 23.5 Å². The summed E-state index contributed by atoms with van der Waals surface area (Å²) < 4.78 is 28.1. The number of aromatic amines is 1. The Bertz CT molecular complexity index is 1280. The van der Waals surface area contributed by atoms with Gasteiger partial charge in [0.15, 0.2) is 0 Å². The van der Waals surface area contributed by atoms with Crippen molar-refractivity contribution in [2.24, 2.45) is 0 Å². The summed E-state index contributed by atoms with van der Waals surface area (Å²) in [7, 11) is -3.98. The Balaban J connectivity index is 1.94. The standard InChI is InChI=1S/C18H14N4O4S2/c1-10-15(18(23)24)16(22-28(25,26)12-5-3-2-4-6-12)13-7-14(27-17(13)21-10)11-8-19-20-9-11/h2-9H,1H3,(H,19,20)(H,21,22)(H,23,24). The van der Waals surface area contributed by atoms with Crippen molar-refractivity contribution in [3.63, 3.8) is 0 Å². The number of anilines is 1. The van der Waals surface area contributed by atoms with Gasteiger partial charge in [-0.15, -0.1) is 11.3 Å². The minimum atomic E-state index is -3.98. The van der Waals surface area contributed by atoms with Crippen LogP contribution in [-0.4, -0.2) is 34.7 Å². The topological polar surface area (TPSA) is 125 Å². The fourth-order valence-corrected chi connectivity index (χ4v) is 5.04. The molecule has 0 unspecified atom stereocenters. The van der Waals surface area contributed by atoms with Gasteiger partial charge in [-0.25, -0.2) is 18.2 Å². The molecule has 4 aromatic rings. The molecule has 0 fully saturated rings. The van der Waals surface area contributed by atoms with Crippen molar-refractivity contribution in [1.29, 1.82) is 0 Å². The summed E-state index contributed by atoms with van der Waals surface area (Å²) in [6, 6.07) is 9.50. The Morgan fingerprint density at radius 3 is 2.64 bits per heavy atom. The van der Waals surface area contributed by atoms with Crippen LogP contribution in [0.25, 0.3) is 20.7 Å². The van der Waals surface area contributed by atoms with Crippen molar-refractivity contribution < 1.29 is 18.3 Å². The maximum Gasteiger partial charge on any atom is 0.339 e. The molecular formula is C18H14N4O4S2. The first kappa shape index (κ1) is 18.1. The predicted octanol–water partition coefficient (Wildman–Crippen LogP) is 3.49. The predicted molar refractivity (Wildman–Crippen MR) is 106 cm³/mol. The van der Waals surface area contributed by atoms with Crippen LogP contribution < -0.4 is 4.72 Å². The van der Waals surface area contributed by atoms with Gasteiger partial charge in [0.1, 0.15) is 10.4 Å². The number of sulfonamides is 1. The smallest absolute Gasteiger partial charge is 0.339 e. The van der Waals surface area contributed by atoms with E-state index in [0.717, 1.165) is 10.4 Å². The van der Waals surface area contributed by atoms with Crippen LogP contribution >= 0.6 is 11.3 Å². The van der Waals surface area contributed by atoms with E-state index in [0.29, 0.717) is 10.2 Å². The van der Waals surface area contributed by atoms with Crippen LogP contribution in [0.3, 0.4) is 0 Å². The molecule has 3 aromatic heterocycles. The number of aryl methyl sites for hydroxylation is 1. The molecular weight excluding hydrogens is 400 g/mol. The highest BCUT2D eigenvalue weighted by Crippen LogP contribution is 2.39. The van der Waals surface area contributed by atoms with Crippen molar-refractivity contribution in [3.05, 3.63) is 60.0 Å². The van der Waals surface area contributed by atoms with E-state index in [2.05, 4.69) is 19.9 Å². The number of nitrogens with one attached hydrogen (secondary N) is 2. The van der Waals surface area contributed by atoms with Gasteiger partial charge in [-0.3, -0.25) is 9.82 Å². The minimum Gasteiger partial charge on any atom is -0.478 e. The first-order valence-electron chi connectivity index (χ1n) is 8.11. The number of hydrogen-bond acceptors (Lipinski definition) is 6. The molecule has 3 N–H and O–H groups in total. The molecule has 8 nitrogen and oxygen atoms in total. The van der Waals surface area contributed by atoms with Gasteiger partial charge in [0.25, 0.3) is 10.0 Å². The molecule has 0 spiro atoms. The number of aromatic carboxylic acids is 1. The molecule has 3 heterocycles. The quantitative estimate of drug-likeness (QED) is 0.459. The molecule has 0 atom stereocenters. The van der Waals surface area contributed by atoms with E-state index in [1.54, 1.807) is 43.6 Å². The first-order chi connectivity index (χ1) is 13.4. The highest BCUT2D eigenvalue weighted by Gasteiger charge is 2.25. The minimum absolute atomic E-state index is 0.00449. The van der Waals surface area contributed by atoms with Crippen LogP contribution in [0, 0.1) is 6.92 Å². The van der Waals surface area contributed by atoms with E-state index >= 15 is 0 Å². The lowest BCUT2D eigenvalue weighted by molar-refractivity contribution is 0.0697. The van der Waals surface area contributed by atoms with Gasteiger partial charge in [-0.05, 0) is 25.1 Å². The molecule has 4 rings (SSSR count). The van der Waals surface area contributed by atoms with Crippen LogP contribution in [0.15, 0.2) is 53.7 Å². The van der Waals surface area contributed by atoms with Crippen molar-refractivity contribution in [1.82, 2.24) is 15.2 Å². The van der Waals surface area contributed by atoms with Crippen LogP contribution in [0.1, 0.15) is 16.1 Å². The van der Waals surface area contributed by atoms with E-state index in [4.69, 9.17) is 0 Å². The number of pyridine rings is 1. The zero-order valence-corrected chi connectivity index (χ0v) is 16.1. The van der Waals surface area contributed by atoms with Crippen molar-refractivity contribution in [2.45, 2.75) is 11.8 Å². The molecule has 0 radical (unpaired) electrons. The second kappa shape index (κ2) is 6.73. The Labute approximate surface area is 163 Å². The highest BCUT2D eigenvalue weighted by molar-refractivity contribution is 7.92. The summed E-state index contributed by atoms with van der Waals surface area (Å²) in [5.74, 6) is -1.26. The van der Waals surface area contributed by atoms with Crippen LogP contribution in [0.5, 0.6) is 0 Å². The Morgan fingerprint density at radius 2 is 2.00 bits per heavy atom. The van der Waals surface area contributed by atoms with Gasteiger partial charge in [-0.1, -0.05) is 18.2 Å². The number of nitrogens with zero attached hydrogens (tertiary/aromatic N) is 2. The first-order valence-corrected chi connectivity index (χ1v) is 10.4. The third kappa shape index (κ3) is 3.12. The molecule has 0 amide bonds. The molecule has 0 saturated carbocycles. The maximum atomic E-state index is 12.8. The molecule has 0 bridgehead atoms. The summed E-state index contributed by atoms with van der Waals surface area (Å²) in [4.78, 5) is 17.6. The molecule has 0 aliphatic carbocycles. The highest BCUT2D eigenvalue weighted by atomic mass is 32.2. The third-order valence-corrected chi connectivity index (χ3v) is 6.59. The second-order valence-electron chi connectivity index (χ2n) is 5.99. The third-order valence-electron chi connectivity index (χ3n) is 4.15. The van der Waals surface area contributed by atoms with E-state index in [-0.39, 0.29) is 21.8 Å². The van der Waals surface area contributed by atoms with E-state index in [1.807, 2.05) is 0 Å². The SMILES string of the molecule is Cc1nc2sc(-c3cn[nH]c3)cc2c(NS(=O)(=O)c2ccccc2)c1C(=O)O. The summed E-state index contributed by atoms with van der Waals surface area (Å²) in [5.41, 5.74) is 0.856. The maximum absolute atomic E-state index is 12.8. The van der Waals surface area contributed by atoms with Crippen LogP contribution in [0.4, 0.5) is 5.69 Å². The number of benzene rings is 1. The lowest BCUT2D eigenvalue weighted by Gasteiger charge is -2.13. The number of carboxylic acids is 1. The Morgan fingerprint density at radius 1 is 1.25 bits per heavy atom. The van der Waals surface area contributed by atoms with Gasteiger partial charge in [0.05, 0.1) is 22.5 Å². The second-order valence-corrected chi connectivity index (χ2v) is 8.70. The van der Waals surface area contributed by atoms with Crippen molar-refractivity contribution >= 4 is 43.2 Å². The van der Waals surface area contributed by atoms with Crippen molar-refractivity contribution in [2.75, 3.05) is 4.72 Å². The number of fused-ring (bicyclic) bond motifs is 1. The van der Waals surface area contributed by atoms with Crippen LogP contribution in [0.2, 0.25) is 0 Å². The van der Waals surface area contributed by atoms with E-state index in [9.17, 15) is 18.3 Å². The van der Waals surface area contributed by atoms with Gasteiger partial charge < -0.3 is 5.11 Å². The van der Waals surface area contributed by atoms with Gasteiger partial charge in [0, 0.05) is 22.0 Å². The average Bonchev–Trinajstić information content (AvgIpc) is 3.31. The monoisotopic (exact) mass is 414 g/mol. The number of thiophene rings is 1. The number of carbonyl (C=O) groups is 1. The zero-order chi connectivity index (χ0) is 19.9. The molecule has 1 aromatic carbocycles. The Kier molecular flexibility index (Phi) is 4.36. The number of H-pyrrole nitrogens is 1. The molecule has 142 valence electrons. The number of rotatable bonds is 5. The summed E-state index contributed by atoms with van der Waals surface area (Å²) in [5, 5.41) is 16.7. The molecule has 28 heavy (non-hydrogen) atoms. The Hall–Kier alpha value is -3.24. The number of carboxylic acid groups (broad SMARTS) is 1. The fourth-order valence-electron chi connectivity index (χ4n) is 2.86. The van der Waals surface area contributed by atoms with Crippen LogP contribution in [-0.2, 0) is 10.0 Å². The average molecular weight is 414 g/mol. The molecule has 0 saturated heterocycles. The fraction of sp³-hybridized carbons (Fsp3) is 0.0556. The van der Waals surface area contributed by atoms with Gasteiger partial charge >= 0.3 is 5.97 Å². The normalized spacial score (nSPS) is 11.6. The van der Waals surface area contributed by atoms with Crippen molar-refractivity contribution in [3.8, 4) is 10.4 Å². The lowest BCUT2D eigenvalue weighted by Crippen LogP contribution is -2.17. The number of aromatic nitrogens is 3. The molecule has 0 aliphatic heterocycles. The summed E-state index contributed by atoms with van der Waals surface area (Å²) >= 11 is 1.33. The summed E-state index contributed by atoms with van der Waals surface area (Å²) in [6.45, 7) is 1.54. The summed E-state index contributed by atoms with van der Waals surface area (Å²) in [6.07, 6.45) is 3.33. The molecule has 10 heteroatoms. The van der Waals surface area contributed by atoms with Gasteiger partial charge in [-0.2, -0.15) is 5.10 Å². The largest absolute Gasteiger partial charge is 0.478 e. The van der Waals surface area contributed by atoms with Gasteiger partial charge in [0.2, 0.25) is 0 Å². The molecule has 0 aliphatic rings. The zero-order valence-electron chi connectivity index (χ0n) is 14.5. The number of hydrogen-bond donors (Lipinski definition) is 3. The van der Waals surface area contributed by atoms with E-state index < -0.39 is 16.0 Å². The lowest BCUT2D eigenvalue weighted by atomic mass is 10.1.